The molecule has 0 aliphatic heterocycles. The Morgan fingerprint density at radius 2 is 2.05 bits per heavy atom. The van der Waals surface area contributed by atoms with Gasteiger partial charge in [0, 0.05) is 22.0 Å². The van der Waals surface area contributed by atoms with E-state index in [1.807, 2.05) is 10.6 Å². The van der Waals surface area contributed by atoms with Crippen molar-refractivity contribution in [1.29, 1.82) is 0 Å². The van der Waals surface area contributed by atoms with Crippen molar-refractivity contribution in [2.75, 3.05) is 0 Å². The third-order valence-electron chi connectivity index (χ3n) is 4.07. The van der Waals surface area contributed by atoms with Crippen molar-refractivity contribution < 1.29 is 4.79 Å². The molecule has 0 saturated carbocycles. The van der Waals surface area contributed by atoms with E-state index in [0.29, 0.717) is 12.3 Å². The molecule has 3 heteroatoms. The number of aromatic nitrogens is 1. The van der Waals surface area contributed by atoms with Gasteiger partial charge in [-0.05, 0) is 55.4 Å². The molecule has 2 aromatic rings. The SMILES string of the molecule is CC(C)CC(=O)n1c2c(c3cc(Br)ccc31)CCCC2. The van der Waals surface area contributed by atoms with Gasteiger partial charge in [-0.15, -0.1) is 0 Å². The Labute approximate surface area is 128 Å². The molecule has 1 aliphatic carbocycles. The van der Waals surface area contributed by atoms with Crippen LogP contribution < -0.4 is 0 Å². The van der Waals surface area contributed by atoms with Crippen molar-refractivity contribution in [3.05, 3.63) is 33.9 Å². The Balaban J connectivity index is 2.22. The van der Waals surface area contributed by atoms with Crippen LogP contribution in [0.5, 0.6) is 0 Å². The van der Waals surface area contributed by atoms with Gasteiger partial charge >= 0.3 is 0 Å². The second-order valence-electron chi connectivity index (χ2n) is 6.12. The van der Waals surface area contributed by atoms with Gasteiger partial charge in [0.2, 0.25) is 5.91 Å². The van der Waals surface area contributed by atoms with Crippen molar-refractivity contribution in [1.82, 2.24) is 4.57 Å². The normalized spacial score (nSPS) is 14.8. The lowest BCUT2D eigenvalue weighted by Crippen LogP contribution is -2.17. The molecular formula is C17H20BrNO. The summed E-state index contributed by atoms with van der Waals surface area (Å²) < 4.78 is 3.09. The van der Waals surface area contributed by atoms with Crippen LogP contribution in [0.15, 0.2) is 22.7 Å². The lowest BCUT2D eigenvalue weighted by Gasteiger charge is -2.15. The monoisotopic (exact) mass is 333 g/mol. The number of rotatable bonds is 2. The van der Waals surface area contributed by atoms with Crippen LogP contribution in [0.1, 0.15) is 49.2 Å². The van der Waals surface area contributed by atoms with Crippen molar-refractivity contribution in [3.8, 4) is 0 Å². The standard InChI is InChI=1S/C17H20BrNO/c1-11(2)9-17(20)19-15-6-4-3-5-13(15)14-10-12(18)7-8-16(14)19/h7-8,10-11H,3-6,9H2,1-2H3. The van der Waals surface area contributed by atoms with Crippen molar-refractivity contribution in [2.24, 2.45) is 5.92 Å². The molecule has 0 unspecified atom stereocenters. The van der Waals surface area contributed by atoms with E-state index in [1.165, 1.54) is 29.5 Å². The Hall–Kier alpha value is -1.09. The van der Waals surface area contributed by atoms with Crippen molar-refractivity contribution in [2.45, 2.75) is 46.0 Å². The van der Waals surface area contributed by atoms with Crippen LogP contribution in [0.2, 0.25) is 0 Å². The molecule has 0 N–H and O–H groups in total. The second kappa shape index (κ2) is 5.36. The number of nitrogens with zero attached hydrogens (tertiary/aromatic N) is 1. The van der Waals surface area contributed by atoms with Gasteiger partial charge in [0.1, 0.15) is 0 Å². The van der Waals surface area contributed by atoms with E-state index in [1.54, 1.807) is 0 Å². The average molecular weight is 334 g/mol. The molecule has 1 aromatic heterocycles. The average Bonchev–Trinajstić information content (AvgIpc) is 2.72. The third kappa shape index (κ3) is 2.32. The van der Waals surface area contributed by atoms with E-state index in [9.17, 15) is 4.79 Å². The highest BCUT2D eigenvalue weighted by Crippen LogP contribution is 2.34. The second-order valence-corrected chi connectivity index (χ2v) is 7.04. The number of hydrogen-bond donors (Lipinski definition) is 0. The molecule has 1 aromatic carbocycles. The van der Waals surface area contributed by atoms with E-state index in [0.717, 1.165) is 22.8 Å². The third-order valence-corrected chi connectivity index (χ3v) is 4.56. The van der Waals surface area contributed by atoms with Crippen LogP contribution in [0.4, 0.5) is 0 Å². The minimum atomic E-state index is 0.246. The van der Waals surface area contributed by atoms with Gasteiger partial charge in [0.05, 0.1) is 5.52 Å². The molecule has 3 rings (SSSR count). The predicted molar refractivity (Wildman–Crippen MR) is 86.4 cm³/mol. The molecule has 0 atom stereocenters. The van der Waals surface area contributed by atoms with Crippen LogP contribution in [0.25, 0.3) is 10.9 Å². The summed E-state index contributed by atoms with van der Waals surface area (Å²) in [6.07, 6.45) is 5.18. The summed E-state index contributed by atoms with van der Waals surface area (Å²) in [7, 11) is 0. The lowest BCUT2D eigenvalue weighted by molar-refractivity contribution is 0.0888. The van der Waals surface area contributed by atoms with Crippen molar-refractivity contribution in [3.63, 3.8) is 0 Å². The minimum absolute atomic E-state index is 0.246. The van der Waals surface area contributed by atoms with Crippen LogP contribution in [0, 0.1) is 5.92 Å². The maximum atomic E-state index is 12.6. The smallest absolute Gasteiger partial charge is 0.231 e. The largest absolute Gasteiger partial charge is 0.284 e. The van der Waals surface area contributed by atoms with Crippen molar-refractivity contribution >= 4 is 32.7 Å². The lowest BCUT2D eigenvalue weighted by atomic mass is 9.95. The van der Waals surface area contributed by atoms with E-state index >= 15 is 0 Å². The van der Waals surface area contributed by atoms with Gasteiger partial charge < -0.3 is 0 Å². The molecular weight excluding hydrogens is 314 g/mol. The number of fused-ring (bicyclic) bond motifs is 3. The van der Waals surface area contributed by atoms with Gasteiger partial charge in [0.15, 0.2) is 0 Å². The molecule has 0 bridgehead atoms. The summed E-state index contributed by atoms with van der Waals surface area (Å²) in [5.74, 6) is 0.644. The maximum Gasteiger partial charge on any atom is 0.231 e. The predicted octanol–water partition coefficient (Wildman–Crippen LogP) is 4.97. The summed E-state index contributed by atoms with van der Waals surface area (Å²) in [4.78, 5) is 12.6. The van der Waals surface area contributed by atoms with Gasteiger partial charge in [-0.1, -0.05) is 29.8 Å². The first-order valence-corrected chi connectivity index (χ1v) is 8.22. The van der Waals surface area contributed by atoms with Gasteiger partial charge in [-0.25, -0.2) is 0 Å². The fourth-order valence-electron chi connectivity index (χ4n) is 3.24. The molecule has 106 valence electrons. The van der Waals surface area contributed by atoms with E-state index in [4.69, 9.17) is 0 Å². The van der Waals surface area contributed by atoms with Gasteiger partial charge in [-0.2, -0.15) is 0 Å². The number of carbonyl (C=O) groups excluding carboxylic acids is 1. The van der Waals surface area contributed by atoms with Crippen LogP contribution in [0.3, 0.4) is 0 Å². The van der Waals surface area contributed by atoms with Gasteiger partial charge in [0.25, 0.3) is 0 Å². The Bertz CT molecular complexity index is 669. The Morgan fingerprint density at radius 1 is 1.30 bits per heavy atom. The summed E-state index contributed by atoms with van der Waals surface area (Å²) in [6.45, 7) is 4.21. The topological polar surface area (TPSA) is 22.0 Å². The molecule has 0 amide bonds. The summed E-state index contributed by atoms with van der Waals surface area (Å²) in [6, 6.07) is 6.28. The highest BCUT2D eigenvalue weighted by molar-refractivity contribution is 9.10. The molecule has 0 radical (unpaired) electrons. The molecule has 0 saturated heterocycles. The number of benzene rings is 1. The molecule has 2 nitrogen and oxygen atoms in total. The van der Waals surface area contributed by atoms with E-state index < -0.39 is 0 Å². The quantitative estimate of drug-likeness (QED) is 0.760. The first kappa shape index (κ1) is 13.9. The van der Waals surface area contributed by atoms with E-state index in [2.05, 4.69) is 41.9 Å². The minimum Gasteiger partial charge on any atom is -0.284 e. The zero-order chi connectivity index (χ0) is 14.3. The summed E-state index contributed by atoms with van der Waals surface area (Å²) in [5.41, 5.74) is 3.74. The fraction of sp³-hybridized carbons (Fsp3) is 0.471. The highest BCUT2D eigenvalue weighted by Gasteiger charge is 2.23. The number of aryl methyl sites for hydroxylation is 1. The molecule has 1 heterocycles. The summed E-state index contributed by atoms with van der Waals surface area (Å²) >= 11 is 3.55. The van der Waals surface area contributed by atoms with Crippen LogP contribution >= 0.6 is 15.9 Å². The fourth-order valence-corrected chi connectivity index (χ4v) is 3.60. The number of halogens is 1. The molecule has 1 aliphatic rings. The highest BCUT2D eigenvalue weighted by atomic mass is 79.9. The zero-order valence-electron chi connectivity index (χ0n) is 12.1. The number of carbonyl (C=O) groups is 1. The van der Waals surface area contributed by atoms with E-state index in [-0.39, 0.29) is 5.91 Å². The molecule has 0 spiro atoms. The Kier molecular flexibility index (Phi) is 3.72. The van der Waals surface area contributed by atoms with Crippen LogP contribution in [-0.2, 0) is 12.8 Å². The Morgan fingerprint density at radius 3 is 2.80 bits per heavy atom. The zero-order valence-corrected chi connectivity index (χ0v) is 13.7. The maximum absolute atomic E-state index is 12.6. The number of hydrogen-bond acceptors (Lipinski definition) is 1. The summed E-state index contributed by atoms with van der Waals surface area (Å²) in [5, 5.41) is 1.26. The molecule has 20 heavy (non-hydrogen) atoms. The van der Waals surface area contributed by atoms with Gasteiger partial charge in [-0.3, -0.25) is 9.36 Å². The first-order chi connectivity index (χ1) is 9.58. The molecule has 0 fully saturated rings. The van der Waals surface area contributed by atoms with Crippen LogP contribution in [-0.4, -0.2) is 10.5 Å². The first-order valence-electron chi connectivity index (χ1n) is 7.43.